The van der Waals surface area contributed by atoms with Gasteiger partial charge in [-0.15, -0.1) is 6.42 Å². The van der Waals surface area contributed by atoms with Gasteiger partial charge in [0.15, 0.2) is 0 Å². The van der Waals surface area contributed by atoms with Crippen molar-refractivity contribution in [3.63, 3.8) is 0 Å². The molecular formula is C19H17NO5S2. The number of aryl methyl sites for hydroxylation is 1. The lowest BCUT2D eigenvalue weighted by Gasteiger charge is -2.06. The van der Waals surface area contributed by atoms with Gasteiger partial charge in [0, 0.05) is 10.5 Å². The molecular weight excluding hydrogens is 386 g/mol. The number of carbonyl (C=O) groups excluding carboxylic acids is 1. The third-order valence-electron chi connectivity index (χ3n) is 3.29. The van der Waals surface area contributed by atoms with E-state index in [1.165, 1.54) is 7.11 Å². The van der Waals surface area contributed by atoms with Crippen molar-refractivity contribution in [2.45, 2.75) is 17.6 Å². The van der Waals surface area contributed by atoms with Crippen molar-refractivity contribution in [1.29, 1.82) is 0 Å². The topological polar surface area (TPSA) is 82.0 Å². The monoisotopic (exact) mass is 403 g/mol. The van der Waals surface area contributed by atoms with Crippen LogP contribution >= 0.6 is 11.8 Å². The van der Waals surface area contributed by atoms with Gasteiger partial charge >= 0.3 is 16.1 Å². The highest BCUT2D eigenvalue weighted by Crippen LogP contribution is 2.21. The van der Waals surface area contributed by atoms with E-state index in [2.05, 4.69) is 20.1 Å². The van der Waals surface area contributed by atoms with Gasteiger partial charge in [0.1, 0.15) is 5.75 Å². The molecule has 2 aromatic rings. The zero-order valence-corrected chi connectivity index (χ0v) is 16.3. The average Bonchev–Trinajstić information content (AvgIpc) is 2.66. The Bertz CT molecular complexity index is 972. The average molecular weight is 403 g/mol. The molecule has 0 saturated heterocycles. The number of hydrogen-bond donors (Lipinski definition) is 0. The summed E-state index contributed by atoms with van der Waals surface area (Å²) in [5.41, 5.74) is 2.16. The van der Waals surface area contributed by atoms with Crippen LogP contribution in [0.3, 0.4) is 0 Å². The molecule has 8 heteroatoms. The second kappa shape index (κ2) is 9.26. The number of esters is 1. The van der Waals surface area contributed by atoms with Crippen LogP contribution in [0, 0.1) is 19.3 Å². The van der Waals surface area contributed by atoms with Gasteiger partial charge in [-0.1, -0.05) is 52.7 Å². The van der Waals surface area contributed by atoms with Crippen molar-refractivity contribution in [1.82, 2.24) is 0 Å². The maximum atomic E-state index is 12.1. The van der Waals surface area contributed by atoms with Gasteiger partial charge in [0.05, 0.1) is 7.11 Å². The summed E-state index contributed by atoms with van der Waals surface area (Å²) >= 11 is 0.946. The fraction of sp³-hybridized carbons (Fsp3) is 0.158. The minimum atomic E-state index is -4.05. The molecule has 6 nitrogen and oxygen atoms in total. The molecule has 2 rings (SSSR count). The van der Waals surface area contributed by atoms with E-state index in [0.29, 0.717) is 16.0 Å². The Morgan fingerprint density at radius 2 is 1.78 bits per heavy atom. The van der Waals surface area contributed by atoms with Gasteiger partial charge in [0.25, 0.3) is 0 Å². The number of nitrogens with zero attached hydrogens (tertiary/aromatic N) is 1. The van der Waals surface area contributed by atoms with E-state index in [1.807, 2.05) is 19.1 Å². The number of rotatable bonds is 5. The molecule has 27 heavy (non-hydrogen) atoms. The van der Waals surface area contributed by atoms with Crippen molar-refractivity contribution in [2.24, 2.45) is 5.16 Å². The summed E-state index contributed by atoms with van der Waals surface area (Å²) in [5.74, 6) is 1.24. The molecule has 0 fully saturated rings. The number of benzene rings is 2. The van der Waals surface area contributed by atoms with E-state index < -0.39 is 21.8 Å². The molecule has 0 heterocycles. The zero-order chi connectivity index (χ0) is 19.9. The molecule has 0 aliphatic rings. The minimum Gasteiger partial charge on any atom is -0.464 e. The molecule has 0 saturated carbocycles. The molecule has 0 spiro atoms. The maximum Gasteiger partial charge on any atom is 0.367 e. The highest BCUT2D eigenvalue weighted by molar-refractivity contribution is 8.15. The summed E-state index contributed by atoms with van der Waals surface area (Å²) < 4.78 is 33.6. The molecule has 0 N–H and O–H groups in total. The van der Waals surface area contributed by atoms with Gasteiger partial charge in [-0.2, -0.15) is 8.42 Å². The molecule has 0 radical (unpaired) electrons. The molecule has 0 aliphatic carbocycles. The standard InChI is InChI=1S/C19H17NO5S2/c1-4-15-7-9-16(10-8-15)13-27(22,23)25-20-18(19(21)24-3)26-17-11-5-14(2)6-12-17/h1,5-12H,13H2,2-3H3. The first kappa shape index (κ1) is 20.6. The molecule has 2 aromatic carbocycles. The fourth-order valence-corrected chi connectivity index (χ4v) is 3.55. The second-order valence-corrected chi connectivity index (χ2v) is 8.04. The van der Waals surface area contributed by atoms with Crippen molar-refractivity contribution >= 4 is 32.9 Å². The molecule has 0 bridgehead atoms. The highest BCUT2D eigenvalue weighted by Gasteiger charge is 2.19. The van der Waals surface area contributed by atoms with Crippen LogP contribution in [0.15, 0.2) is 58.6 Å². The Morgan fingerprint density at radius 3 is 2.33 bits per heavy atom. The lowest BCUT2D eigenvalue weighted by atomic mass is 10.2. The van der Waals surface area contributed by atoms with Gasteiger partial charge in [0.2, 0.25) is 5.04 Å². The van der Waals surface area contributed by atoms with Crippen LogP contribution in [0.4, 0.5) is 0 Å². The van der Waals surface area contributed by atoms with Gasteiger partial charge in [-0.3, -0.25) is 4.28 Å². The largest absolute Gasteiger partial charge is 0.464 e. The predicted octanol–water partition coefficient (Wildman–Crippen LogP) is 3.10. The SMILES string of the molecule is C#Cc1ccc(CS(=O)(=O)ON=C(Sc2ccc(C)cc2)C(=O)OC)cc1. The van der Waals surface area contributed by atoms with Crippen LogP contribution < -0.4 is 0 Å². The van der Waals surface area contributed by atoms with E-state index in [0.717, 1.165) is 17.3 Å². The zero-order valence-electron chi connectivity index (χ0n) is 14.7. The van der Waals surface area contributed by atoms with E-state index in [-0.39, 0.29) is 5.04 Å². The minimum absolute atomic E-state index is 0.229. The number of oxime groups is 1. The molecule has 0 amide bonds. The lowest BCUT2D eigenvalue weighted by Crippen LogP contribution is -2.14. The molecule has 0 unspecified atom stereocenters. The number of carbonyl (C=O) groups is 1. The molecule has 140 valence electrons. The van der Waals surface area contributed by atoms with Gasteiger partial charge < -0.3 is 4.74 Å². The van der Waals surface area contributed by atoms with Crippen LogP contribution in [-0.4, -0.2) is 26.5 Å². The van der Waals surface area contributed by atoms with Crippen molar-refractivity contribution < 1.29 is 22.2 Å². The Morgan fingerprint density at radius 1 is 1.15 bits per heavy atom. The number of thioether (sulfide) groups is 1. The summed E-state index contributed by atoms with van der Waals surface area (Å²) in [6.07, 6.45) is 5.26. The number of ether oxygens (including phenoxy) is 1. The van der Waals surface area contributed by atoms with E-state index in [1.54, 1.807) is 36.4 Å². The summed E-state index contributed by atoms with van der Waals surface area (Å²) in [4.78, 5) is 12.6. The fourth-order valence-electron chi connectivity index (χ4n) is 1.92. The Hall–Kier alpha value is -2.76. The van der Waals surface area contributed by atoms with Crippen LogP contribution in [0.1, 0.15) is 16.7 Å². The van der Waals surface area contributed by atoms with Crippen LogP contribution in [-0.2, 0) is 29.7 Å². The van der Waals surface area contributed by atoms with E-state index >= 15 is 0 Å². The Balaban J connectivity index is 2.13. The number of methoxy groups -OCH3 is 1. The van der Waals surface area contributed by atoms with Gasteiger partial charge in [-0.25, -0.2) is 4.79 Å². The first-order valence-electron chi connectivity index (χ1n) is 7.70. The second-order valence-electron chi connectivity index (χ2n) is 5.42. The first-order chi connectivity index (χ1) is 12.8. The quantitative estimate of drug-likeness (QED) is 0.191. The maximum absolute atomic E-state index is 12.1. The molecule has 0 atom stereocenters. The lowest BCUT2D eigenvalue weighted by molar-refractivity contribution is -0.132. The van der Waals surface area contributed by atoms with Crippen LogP contribution in [0.2, 0.25) is 0 Å². The van der Waals surface area contributed by atoms with Crippen molar-refractivity contribution in [2.75, 3.05) is 7.11 Å². The molecule has 0 aliphatic heterocycles. The predicted molar refractivity (Wildman–Crippen MR) is 105 cm³/mol. The Kier molecular flexibility index (Phi) is 7.05. The normalized spacial score (nSPS) is 11.5. The third kappa shape index (κ3) is 6.47. The Labute approximate surface area is 162 Å². The summed E-state index contributed by atoms with van der Waals surface area (Å²) in [5, 5.41) is 3.27. The number of hydrogen-bond acceptors (Lipinski definition) is 7. The first-order valence-corrected chi connectivity index (χ1v) is 10.1. The summed E-state index contributed by atoms with van der Waals surface area (Å²) in [6, 6.07) is 13.7. The summed E-state index contributed by atoms with van der Waals surface area (Å²) in [7, 11) is -2.87. The van der Waals surface area contributed by atoms with Crippen molar-refractivity contribution in [3.05, 3.63) is 65.2 Å². The van der Waals surface area contributed by atoms with Crippen LogP contribution in [0.5, 0.6) is 0 Å². The highest BCUT2D eigenvalue weighted by atomic mass is 32.2. The van der Waals surface area contributed by atoms with E-state index in [4.69, 9.17) is 6.42 Å². The van der Waals surface area contributed by atoms with E-state index in [9.17, 15) is 13.2 Å². The third-order valence-corrected chi connectivity index (χ3v) is 5.22. The number of terminal acetylenes is 1. The smallest absolute Gasteiger partial charge is 0.367 e. The van der Waals surface area contributed by atoms with Crippen LogP contribution in [0.25, 0.3) is 0 Å². The summed E-state index contributed by atoms with van der Waals surface area (Å²) in [6.45, 7) is 1.93. The van der Waals surface area contributed by atoms with Crippen molar-refractivity contribution in [3.8, 4) is 12.3 Å². The van der Waals surface area contributed by atoms with Gasteiger partial charge in [-0.05, 0) is 36.8 Å². The molecule has 0 aromatic heterocycles.